The monoisotopic (exact) mass is 536 g/mol. The third kappa shape index (κ3) is 9.70. The van der Waals surface area contributed by atoms with Crippen LogP contribution >= 0.6 is 11.6 Å². The van der Waals surface area contributed by atoms with Crippen LogP contribution in [0.2, 0.25) is 5.28 Å². The van der Waals surface area contributed by atoms with E-state index in [1.54, 1.807) is 37.3 Å². The predicted octanol–water partition coefficient (Wildman–Crippen LogP) is 2.83. The van der Waals surface area contributed by atoms with Crippen LogP contribution in [0.1, 0.15) is 32.4 Å². The van der Waals surface area contributed by atoms with E-state index >= 15 is 0 Å². The molecule has 38 heavy (non-hydrogen) atoms. The fourth-order valence-electron chi connectivity index (χ4n) is 2.86. The Morgan fingerprint density at radius 3 is 1.66 bits per heavy atom. The lowest BCUT2D eigenvalue weighted by atomic mass is 9.81. The number of rotatable bonds is 4. The first-order valence-electron chi connectivity index (χ1n) is 11.1. The molecule has 0 aliphatic rings. The van der Waals surface area contributed by atoms with Crippen LogP contribution in [0, 0.1) is 13.8 Å². The Morgan fingerprint density at radius 2 is 1.21 bits per heavy atom. The fraction of sp³-hybridized carbons (Fsp3) is 0.154. The maximum atomic E-state index is 11.4. The van der Waals surface area contributed by atoms with Crippen LogP contribution in [-0.4, -0.2) is 63.3 Å². The van der Waals surface area contributed by atoms with Gasteiger partial charge in [0, 0.05) is 17.0 Å². The van der Waals surface area contributed by atoms with Crippen LogP contribution in [0.25, 0.3) is 11.4 Å². The molecule has 0 aliphatic carbocycles. The molecule has 2 N–H and O–H groups in total. The number of benzene rings is 2. The number of ether oxygens (including phenoxy) is 2. The Labute approximate surface area is 225 Å². The number of aromatic nitrogens is 4. The second-order valence-electron chi connectivity index (χ2n) is 7.52. The molecule has 0 bridgehead atoms. The van der Waals surface area contributed by atoms with Crippen LogP contribution in [0.4, 0.5) is 0 Å². The van der Waals surface area contributed by atoms with E-state index in [2.05, 4.69) is 29.4 Å². The van der Waals surface area contributed by atoms with Crippen molar-refractivity contribution in [1.29, 1.82) is 0 Å². The van der Waals surface area contributed by atoms with Crippen LogP contribution in [0.3, 0.4) is 0 Å². The smallest absolute Gasteiger partial charge is 0.464 e. The lowest BCUT2D eigenvalue weighted by molar-refractivity contribution is 0.0585. The van der Waals surface area contributed by atoms with Gasteiger partial charge in [0.25, 0.3) is 0 Å². The number of nitrogens with zero attached hydrogens (tertiary/aromatic N) is 4. The van der Waals surface area contributed by atoms with Crippen LogP contribution < -0.4 is 5.46 Å². The molecule has 0 atom stereocenters. The Bertz CT molecular complexity index is 1320. The number of methoxy groups -OCH3 is 2. The predicted molar refractivity (Wildman–Crippen MR) is 143 cm³/mol. The SMILES string of the molecule is COC(=O)c1cc(C)nc(-c2ccccc2)n1.COC(=O)c1cc(C)nc(Cl)n1.OB(O)c1ccccc1. The van der Waals surface area contributed by atoms with E-state index in [0.717, 1.165) is 11.3 Å². The molecule has 0 saturated carbocycles. The molecule has 0 radical (unpaired) electrons. The van der Waals surface area contributed by atoms with Crippen LogP contribution in [0.5, 0.6) is 0 Å². The first kappa shape index (κ1) is 30.0. The first-order chi connectivity index (χ1) is 18.1. The third-order valence-electron chi connectivity index (χ3n) is 4.60. The van der Waals surface area contributed by atoms with Crippen molar-refractivity contribution >= 4 is 36.1 Å². The summed E-state index contributed by atoms with van der Waals surface area (Å²) in [5, 5.41) is 17.2. The zero-order valence-corrected chi connectivity index (χ0v) is 22.0. The van der Waals surface area contributed by atoms with Gasteiger partial charge < -0.3 is 19.5 Å². The molecule has 2 aromatic carbocycles. The maximum absolute atomic E-state index is 11.4. The van der Waals surface area contributed by atoms with Gasteiger partial charge in [-0.1, -0.05) is 60.7 Å². The molecule has 196 valence electrons. The minimum Gasteiger partial charge on any atom is -0.464 e. The second-order valence-corrected chi connectivity index (χ2v) is 7.85. The molecular formula is C26H26BClN4O6. The van der Waals surface area contributed by atoms with Gasteiger partial charge in [0.05, 0.1) is 14.2 Å². The second kappa shape index (κ2) is 15.2. The Morgan fingerprint density at radius 1 is 0.737 bits per heavy atom. The fourth-order valence-corrected chi connectivity index (χ4v) is 3.09. The molecule has 0 aliphatic heterocycles. The van der Waals surface area contributed by atoms with Crippen molar-refractivity contribution in [2.75, 3.05) is 14.2 Å². The summed E-state index contributed by atoms with van der Waals surface area (Å²) in [6, 6.07) is 21.3. The van der Waals surface area contributed by atoms with Crippen molar-refractivity contribution in [2.45, 2.75) is 13.8 Å². The van der Waals surface area contributed by atoms with Gasteiger partial charge in [-0.25, -0.2) is 29.5 Å². The Hall–Kier alpha value is -4.19. The highest BCUT2D eigenvalue weighted by atomic mass is 35.5. The highest BCUT2D eigenvalue weighted by molar-refractivity contribution is 6.58. The van der Waals surface area contributed by atoms with Crippen molar-refractivity contribution in [3.05, 3.63) is 101 Å². The normalized spacial score (nSPS) is 9.66. The van der Waals surface area contributed by atoms with Crippen molar-refractivity contribution in [3.8, 4) is 11.4 Å². The maximum Gasteiger partial charge on any atom is 0.488 e. The Balaban J connectivity index is 0.000000212. The van der Waals surface area contributed by atoms with E-state index < -0.39 is 19.1 Å². The summed E-state index contributed by atoms with van der Waals surface area (Å²) in [6.45, 7) is 3.54. The number of carbonyl (C=O) groups is 2. The molecule has 4 aromatic rings. The molecular weight excluding hydrogens is 511 g/mol. The third-order valence-corrected chi connectivity index (χ3v) is 4.77. The summed E-state index contributed by atoms with van der Waals surface area (Å²) in [6.07, 6.45) is 0. The number of esters is 2. The number of carbonyl (C=O) groups excluding carboxylic acids is 2. The van der Waals surface area contributed by atoms with Gasteiger partial charge in [0.2, 0.25) is 5.28 Å². The number of hydrogen-bond acceptors (Lipinski definition) is 10. The van der Waals surface area contributed by atoms with E-state index in [9.17, 15) is 9.59 Å². The number of halogens is 1. The van der Waals surface area contributed by atoms with Gasteiger partial charge in [-0.15, -0.1) is 0 Å². The van der Waals surface area contributed by atoms with Gasteiger partial charge in [-0.3, -0.25) is 0 Å². The highest BCUT2D eigenvalue weighted by Gasteiger charge is 2.11. The van der Waals surface area contributed by atoms with Gasteiger partial charge in [-0.05, 0) is 43.0 Å². The summed E-state index contributed by atoms with van der Waals surface area (Å²) >= 11 is 5.52. The average molecular weight is 537 g/mol. The zero-order chi connectivity index (χ0) is 28.1. The van der Waals surface area contributed by atoms with E-state index in [4.69, 9.17) is 21.6 Å². The summed E-state index contributed by atoms with van der Waals surface area (Å²) in [5.74, 6) is -0.430. The van der Waals surface area contributed by atoms with E-state index in [1.807, 2.05) is 43.3 Å². The summed E-state index contributed by atoms with van der Waals surface area (Å²) in [7, 11) is 1.28. The van der Waals surface area contributed by atoms with Crippen LogP contribution in [0.15, 0.2) is 72.8 Å². The van der Waals surface area contributed by atoms with Gasteiger partial charge in [0.1, 0.15) is 0 Å². The molecule has 0 saturated heterocycles. The lowest BCUT2D eigenvalue weighted by Crippen LogP contribution is -2.29. The van der Waals surface area contributed by atoms with Crippen molar-refractivity contribution in [1.82, 2.24) is 19.9 Å². The standard InChI is InChI=1S/C13H12N2O2.C7H7ClN2O2.C6H7BO2/c1-9-8-11(13(16)17-2)15-12(14-9)10-6-4-3-5-7-10;1-4-3-5(6(11)12-2)10-7(8)9-4;8-7(9)6-4-2-1-3-5-6/h3-8H,1-2H3;3H,1-2H3;1-5,8-9H. The highest BCUT2D eigenvalue weighted by Crippen LogP contribution is 2.15. The summed E-state index contributed by atoms with van der Waals surface area (Å²) < 4.78 is 9.11. The topological polar surface area (TPSA) is 145 Å². The molecule has 0 fully saturated rings. The molecule has 2 heterocycles. The zero-order valence-electron chi connectivity index (χ0n) is 21.2. The van der Waals surface area contributed by atoms with Gasteiger partial charge >= 0.3 is 19.1 Å². The molecule has 4 rings (SSSR count). The minimum absolute atomic E-state index is 0.0513. The minimum atomic E-state index is -1.34. The van der Waals surface area contributed by atoms with E-state index in [1.165, 1.54) is 20.3 Å². The number of hydrogen-bond donors (Lipinski definition) is 2. The quantitative estimate of drug-likeness (QED) is 0.227. The molecule has 0 spiro atoms. The first-order valence-corrected chi connectivity index (χ1v) is 11.5. The largest absolute Gasteiger partial charge is 0.488 e. The van der Waals surface area contributed by atoms with E-state index in [-0.39, 0.29) is 16.7 Å². The average Bonchev–Trinajstić information content (AvgIpc) is 2.93. The van der Waals surface area contributed by atoms with Gasteiger partial charge in [-0.2, -0.15) is 0 Å². The van der Waals surface area contributed by atoms with Crippen molar-refractivity contribution < 1.29 is 29.1 Å². The molecule has 12 heteroatoms. The van der Waals surface area contributed by atoms with Crippen LogP contribution in [-0.2, 0) is 9.47 Å². The van der Waals surface area contributed by atoms with Crippen molar-refractivity contribution in [2.24, 2.45) is 0 Å². The molecule has 10 nitrogen and oxygen atoms in total. The van der Waals surface area contributed by atoms with Gasteiger partial charge in [0.15, 0.2) is 17.2 Å². The van der Waals surface area contributed by atoms with E-state index in [0.29, 0.717) is 17.0 Å². The number of aryl methyl sites for hydroxylation is 2. The summed E-state index contributed by atoms with van der Waals surface area (Å²) in [4.78, 5) is 38.4. The lowest BCUT2D eigenvalue weighted by Gasteiger charge is -2.04. The molecule has 0 amide bonds. The molecule has 2 aromatic heterocycles. The Kier molecular flexibility index (Phi) is 12.0. The van der Waals surface area contributed by atoms with Crippen molar-refractivity contribution in [3.63, 3.8) is 0 Å². The molecule has 0 unspecified atom stereocenters. The summed E-state index contributed by atoms with van der Waals surface area (Å²) in [5.41, 5.74) is 3.22.